The van der Waals surface area contributed by atoms with Crippen LogP contribution in [0.2, 0.25) is 39.3 Å². The second-order valence-electron chi connectivity index (χ2n) is 18.7. The molecule has 3 radical (unpaired) electrons. The average Bonchev–Trinajstić information content (AvgIpc) is 3.08. The van der Waals surface area contributed by atoms with E-state index in [1.165, 1.54) is 58.8 Å². The van der Waals surface area contributed by atoms with Crippen LogP contribution in [0, 0.1) is 0 Å². The first-order valence-corrected chi connectivity index (χ1v) is 32.0. The van der Waals surface area contributed by atoms with Crippen molar-refractivity contribution < 1.29 is 13.3 Å². The second kappa shape index (κ2) is 15.8. The van der Waals surface area contributed by atoms with E-state index in [4.69, 9.17) is 13.3 Å². The SMILES string of the molecule is C[Si](C)Oc1[c]([Bi]([c]2ccc3cc(C(C)(C)C)ccc3c2O[Si](C)C)[c]2ccc3cc(C(C)(C)C)ccc3c2O[Si](C)C)ccc2cc(C(C)(C)C)ccc12. The van der Waals surface area contributed by atoms with Gasteiger partial charge in [-0.2, -0.15) is 0 Å². The Labute approximate surface area is 344 Å². The fourth-order valence-electron chi connectivity index (χ4n) is 7.12. The molecule has 0 aliphatic heterocycles. The molecule has 3 nitrogen and oxygen atoms in total. The van der Waals surface area contributed by atoms with Crippen LogP contribution in [-0.4, -0.2) is 48.9 Å². The van der Waals surface area contributed by atoms with Crippen LogP contribution < -0.4 is 23.1 Å². The summed E-state index contributed by atoms with van der Waals surface area (Å²) < 4.78 is 25.4. The summed E-state index contributed by atoms with van der Waals surface area (Å²) >= 11 is -3.40. The Balaban J connectivity index is 1.76. The topological polar surface area (TPSA) is 27.7 Å². The van der Waals surface area contributed by atoms with Crippen molar-refractivity contribution in [3.05, 3.63) is 108 Å². The molecule has 0 bridgehead atoms. The Morgan fingerprint density at radius 1 is 0.364 bits per heavy atom. The number of fused-ring (bicyclic) bond motifs is 3. The van der Waals surface area contributed by atoms with E-state index in [9.17, 15) is 0 Å². The van der Waals surface area contributed by atoms with E-state index >= 15 is 0 Å². The van der Waals surface area contributed by atoms with Gasteiger partial charge >= 0.3 is 347 Å². The van der Waals surface area contributed by atoms with E-state index in [1.54, 1.807) is 0 Å². The van der Waals surface area contributed by atoms with Crippen LogP contribution in [0.15, 0.2) is 91.0 Å². The summed E-state index contributed by atoms with van der Waals surface area (Å²) in [6.07, 6.45) is 0. The Morgan fingerprint density at radius 2 is 0.618 bits per heavy atom. The van der Waals surface area contributed by atoms with E-state index < -0.39 is 48.9 Å². The van der Waals surface area contributed by atoms with Crippen LogP contribution in [0.4, 0.5) is 0 Å². The molecule has 0 aliphatic rings. The maximum absolute atomic E-state index is 7.12. The molecule has 6 rings (SSSR count). The summed E-state index contributed by atoms with van der Waals surface area (Å²) in [5, 5.41) is 7.27. The van der Waals surface area contributed by atoms with E-state index in [0.29, 0.717) is 0 Å². The first kappa shape index (κ1) is 41.7. The Morgan fingerprint density at radius 3 is 0.836 bits per heavy atom. The van der Waals surface area contributed by atoms with Crippen LogP contribution in [-0.2, 0) is 16.2 Å². The van der Waals surface area contributed by atoms with Gasteiger partial charge in [0, 0.05) is 0 Å². The zero-order chi connectivity index (χ0) is 40.2. The minimum absolute atomic E-state index is 0.0491. The Hall–Kier alpha value is -2.97. The fraction of sp³-hybridized carbons (Fsp3) is 0.375. The number of benzene rings is 6. The summed E-state index contributed by atoms with van der Waals surface area (Å²) in [5.74, 6) is 3.15. The van der Waals surface area contributed by atoms with E-state index in [2.05, 4.69) is 193 Å². The quantitative estimate of drug-likeness (QED) is 0.135. The van der Waals surface area contributed by atoms with Crippen molar-refractivity contribution in [2.75, 3.05) is 0 Å². The Bertz CT molecular complexity index is 2100. The molecule has 287 valence electrons. The second-order valence-corrected chi connectivity index (χ2v) is 33.0. The molecule has 0 heterocycles. The zero-order valence-corrected chi connectivity index (χ0v) is 42.3. The molecule has 0 unspecified atom stereocenters. The molecule has 0 amide bonds. The first-order valence-electron chi connectivity index (χ1n) is 19.6. The molecule has 0 saturated heterocycles. The van der Waals surface area contributed by atoms with Crippen molar-refractivity contribution >= 4 is 91.0 Å². The average molecular weight is 978 g/mol. The molecule has 6 aromatic carbocycles. The normalized spacial score (nSPS) is 12.9. The van der Waals surface area contributed by atoms with Gasteiger partial charge < -0.3 is 0 Å². The van der Waals surface area contributed by atoms with E-state index in [-0.39, 0.29) is 16.2 Å². The van der Waals surface area contributed by atoms with Crippen LogP contribution in [0.3, 0.4) is 0 Å². The molecule has 0 spiro atoms. The van der Waals surface area contributed by atoms with Gasteiger partial charge in [0.25, 0.3) is 0 Å². The third-order valence-corrected chi connectivity index (χ3v) is 21.7. The number of hydrogen-bond acceptors (Lipinski definition) is 3. The molecule has 0 N–H and O–H groups in total. The maximum atomic E-state index is 7.12. The summed E-state index contributed by atoms with van der Waals surface area (Å²) in [7, 11) is -3.35. The molecule has 0 fully saturated rings. The van der Waals surface area contributed by atoms with Gasteiger partial charge in [0.05, 0.1) is 0 Å². The van der Waals surface area contributed by atoms with Crippen molar-refractivity contribution in [1.82, 2.24) is 0 Å². The van der Waals surface area contributed by atoms with Crippen molar-refractivity contribution in [3.63, 3.8) is 0 Å². The third kappa shape index (κ3) is 8.96. The first-order chi connectivity index (χ1) is 25.6. The van der Waals surface area contributed by atoms with Gasteiger partial charge in [-0.1, -0.05) is 0 Å². The van der Waals surface area contributed by atoms with Crippen LogP contribution in [0.5, 0.6) is 17.2 Å². The van der Waals surface area contributed by atoms with Crippen molar-refractivity contribution in [1.29, 1.82) is 0 Å². The predicted octanol–water partition coefficient (Wildman–Crippen LogP) is 11.4. The summed E-state index contributed by atoms with van der Waals surface area (Å²) in [4.78, 5) is 0. The Kier molecular flexibility index (Phi) is 11.9. The van der Waals surface area contributed by atoms with Gasteiger partial charge in [0.15, 0.2) is 0 Å². The van der Waals surface area contributed by atoms with Crippen molar-refractivity contribution in [3.8, 4) is 17.2 Å². The summed E-state index contributed by atoms with van der Waals surface area (Å²) in [6.45, 7) is 34.1. The summed E-state index contributed by atoms with van der Waals surface area (Å²) in [6, 6.07) is 35.3. The molecular weight excluding hydrogens is 918 g/mol. The van der Waals surface area contributed by atoms with Crippen LogP contribution >= 0.6 is 0 Å². The molecule has 0 saturated carbocycles. The third-order valence-electron chi connectivity index (χ3n) is 10.1. The fourth-order valence-corrected chi connectivity index (χ4v) is 20.0. The number of rotatable bonds is 9. The van der Waals surface area contributed by atoms with Gasteiger partial charge in [-0.15, -0.1) is 0 Å². The molecule has 55 heavy (non-hydrogen) atoms. The monoisotopic (exact) mass is 977 g/mol. The minimum atomic E-state index is -3.40. The molecule has 0 aromatic heterocycles. The van der Waals surface area contributed by atoms with Crippen molar-refractivity contribution in [2.24, 2.45) is 0 Å². The van der Waals surface area contributed by atoms with Crippen LogP contribution in [0.1, 0.15) is 79.0 Å². The molecule has 0 aliphatic carbocycles. The van der Waals surface area contributed by atoms with E-state index in [1.807, 2.05) is 0 Å². The van der Waals surface area contributed by atoms with Gasteiger partial charge in [-0.25, -0.2) is 0 Å². The molecular formula is C48H60BiO3Si3. The molecule has 0 atom stereocenters. The number of hydrogen-bond donors (Lipinski definition) is 0. The van der Waals surface area contributed by atoms with Gasteiger partial charge in [-0.3, -0.25) is 0 Å². The molecule has 7 heteroatoms. The van der Waals surface area contributed by atoms with Crippen molar-refractivity contribution in [2.45, 2.75) is 118 Å². The van der Waals surface area contributed by atoms with E-state index in [0.717, 1.165) is 17.2 Å². The van der Waals surface area contributed by atoms with Gasteiger partial charge in [-0.05, 0) is 0 Å². The predicted molar refractivity (Wildman–Crippen MR) is 247 cm³/mol. The zero-order valence-electron chi connectivity index (χ0n) is 35.8. The summed E-state index contributed by atoms with van der Waals surface area (Å²) in [5.41, 5.74) is 4.14. The standard InChI is InChI=1S/3C16H20OSi.Bi/c3*1-16(2,3)13-9-10-14-12(11-13)7-6-8-15(14)17-18(4)5;/h3*6-7,9-11H,1-5H3;. The van der Waals surface area contributed by atoms with Gasteiger partial charge in [0.2, 0.25) is 0 Å². The van der Waals surface area contributed by atoms with Crippen LogP contribution in [0.25, 0.3) is 32.3 Å². The van der Waals surface area contributed by atoms with Gasteiger partial charge in [0.1, 0.15) is 0 Å². The molecule has 6 aromatic rings.